The zero-order valence-corrected chi connectivity index (χ0v) is 9.61. The summed E-state index contributed by atoms with van der Waals surface area (Å²) in [6.45, 7) is 7.62. The number of rotatable bonds is 3. The Hall–Kier alpha value is -1.03. The van der Waals surface area contributed by atoms with Gasteiger partial charge in [-0.15, -0.1) is 0 Å². The van der Waals surface area contributed by atoms with E-state index in [1.807, 2.05) is 4.68 Å². The third-order valence-electron chi connectivity index (χ3n) is 2.99. The fraction of sp³-hybridized carbons (Fsp3) is 0.727. The first kappa shape index (κ1) is 10.5. The largest absolute Gasteiger partial charge is 0.396 e. The van der Waals surface area contributed by atoms with Crippen LogP contribution in [0.5, 0.6) is 0 Å². The summed E-state index contributed by atoms with van der Waals surface area (Å²) in [7, 11) is 0. The van der Waals surface area contributed by atoms with Gasteiger partial charge in [0.25, 0.3) is 0 Å². The molecule has 0 saturated carbocycles. The molecule has 1 aromatic heterocycles. The Labute approximate surface area is 91.1 Å². The normalized spacial score (nSPS) is 17.8. The van der Waals surface area contributed by atoms with Gasteiger partial charge >= 0.3 is 0 Å². The highest BCUT2D eigenvalue weighted by Gasteiger charge is 2.17. The summed E-state index contributed by atoms with van der Waals surface area (Å²) < 4.78 is 2.04. The number of anilines is 1. The van der Waals surface area contributed by atoms with Gasteiger partial charge in [-0.2, -0.15) is 5.10 Å². The molecule has 4 nitrogen and oxygen atoms in total. The van der Waals surface area contributed by atoms with E-state index in [4.69, 9.17) is 5.73 Å². The SMILES string of the molecule is CC(C)n1ncc(N)c1CN1CCCC1. The lowest BCUT2D eigenvalue weighted by Crippen LogP contribution is -2.22. The van der Waals surface area contributed by atoms with Gasteiger partial charge in [0.05, 0.1) is 17.6 Å². The third-order valence-corrected chi connectivity index (χ3v) is 2.99. The van der Waals surface area contributed by atoms with Crippen molar-refractivity contribution in [1.29, 1.82) is 0 Å². The van der Waals surface area contributed by atoms with Gasteiger partial charge in [0.2, 0.25) is 0 Å². The van der Waals surface area contributed by atoms with E-state index in [2.05, 4.69) is 23.8 Å². The second-order valence-corrected chi connectivity index (χ2v) is 4.57. The van der Waals surface area contributed by atoms with Gasteiger partial charge in [-0.25, -0.2) is 0 Å². The summed E-state index contributed by atoms with van der Waals surface area (Å²) in [6.07, 6.45) is 4.40. The molecule has 0 spiro atoms. The van der Waals surface area contributed by atoms with Crippen molar-refractivity contribution in [2.75, 3.05) is 18.8 Å². The maximum absolute atomic E-state index is 5.95. The van der Waals surface area contributed by atoms with E-state index in [1.165, 1.54) is 31.6 Å². The molecule has 0 aliphatic carbocycles. The molecule has 0 bridgehead atoms. The van der Waals surface area contributed by atoms with E-state index in [-0.39, 0.29) is 0 Å². The summed E-state index contributed by atoms with van der Waals surface area (Å²) in [5.74, 6) is 0. The molecular formula is C11H20N4. The standard InChI is InChI=1S/C11H20N4/c1-9(2)15-11(10(12)7-13-15)8-14-5-3-4-6-14/h7,9H,3-6,8,12H2,1-2H3. The molecule has 2 heterocycles. The molecule has 0 radical (unpaired) electrons. The maximum atomic E-state index is 5.95. The first-order chi connectivity index (χ1) is 7.18. The van der Waals surface area contributed by atoms with Crippen LogP contribution < -0.4 is 5.73 Å². The predicted octanol–water partition coefficient (Wildman–Crippen LogP) is 1.64. The van der Waals surface area contributed by atoms with Crippen molar-refractivity contribution in [2.45, 2.75) is 39.3 Å². The van der Waals surface area contributed by atoms with Crippen LogP contribution in [0.2, 0.25) is 0 Å². The van der Waals surface area contributed by atoms with Crippen LogP contribution in [0.4, 0.5) is 5.69 Å². The molecule has 1 aliphatic heterocycles. The molecule has 0 amide bonds. The highest BCUT2D eigenvalue weighted by Crippen LogP contribution is 2.20. The van der Waals surface area contributed by atoms with Crippen molar-refractivity contribution in [3.05, 3.63) is 11.9 Å². The Morgan fingerprint density at radius 1 is 1.40 bits per heavy atom. The summed E-state index contributed by atoms with van der Waals surface area (Å²) >= 11 is 0. The quantitative estimate of drug-likeness (QED) is 0.821. The average molecular weight is 208 g/mol. The molecule has 1 aromatic rings. The van der Waals surface area contributed by atoms with Crippen LogP contribution in [0, 0.1) is 0 Å². The Morgan fingerprint density at radius 2 is 2.07 bits per heavy atom. The highest BCUT2D eigenvalue weighted by molar-refractivity contribution is 5.41. The molecule has 0 aromatic carbocycles. The maximum Gasteiger partial charge on any atom is 0.0756 e. The molecule has 0 atom stereocenters. The van der Waals surface area contributed by atoms with Crippen LogP contribution in [0.3, 0.4) is 0 Å². The van der Waals surface area contributed by atoms with Gasteiger partial charge in [0.1, 0.15) is 0 Å². The minimum Gasteiger partial charge on any atom is -0.396 e. The van der Waals surface area contributed by atoms with E-state index >= 15 is 0 Å². The van der Waals surface area contributed by atoms with E-state index in [1.54, 1.807) is 6.20 Å². The first-order valence-electron chi connectivity index (χ1n) is 5.72. The Bertz CT molecular complexity index is 323. The lowest BCUT2D eigenvalue weighted by molar-refractivity contribution is 0.314. The first-order valence-corrected chi connectivity index (χ1v) is 5.72. The van der Waals surface area contributed by atoms with E-state index in [0.29, 0.717) is 6.04 Å². The highest BCUT2D eigenvalue weighted by atomic mass is 15.3. The monoisotopic (exact) mass is 208 g/mol. The van der Waals surface area contributed by atoms with Gasteiger partial charge < -0.3 is 5.73 Å². The third kappa shape index (κ3) is 2.15. The summed E-state index contributed by atoms with van der Waals surface area (Å²) in [5.41, 5.74) is 7.95. The Kier molecular flexibility index (Phi) is 2.95. The minimum absolute atomic E-state index is 0.389. The van der Waals surface area contributed by atoms with Crippen LogP contribution in [0.25, 0.3) is 0 Å². The minimum atomic E-state index is 0.389. The molecule has 0 unspecified atom stereocenters. The van der Waals surface area contributed by atoms with E-state index < -0.39 is 0 Å². The molecular weight excluding hydrogens is 188 g/mol. The average Bonchev–Trinajstić information content (AvgIpc) is 2.78. The fourth-order valence-corrected chi connectivity index (χ4v) is 2.16. The number of likely N-dealkylation sites (tertiary alicyclic amines) is 1. The van der Waals surface area contributed by atoms with Crippen LogP contribution in [0.15, 0.2) is 6.20 Å². The zero-order valence-electron chi connectivity index (χ0n) is 9.61. The Balaban J connectivity index is 2.14. The molecule has 4 heteroatoms. The fourth-order valence-electron chi connectivity index (χ4n) is 2.16. The summed E-state index contributed by atoms with van der Waals surface area (Å²) in [6, 6.07) is 0.389. The van der Waals surface area contributed by atoms with E-state index in [0.717, 1.165) is 12.2 Å². The number of nitrogens with two attached hydrogens (primary N) is 1. The van der Waals surface area contributed by atoms with Crippen molar-refractivity contribution in [1.82, 2.24) is 14.7 Å². The van der Waals surface area contributed by atoms with Gasteiger partial charge in [0, 0.05) is 12.6 Å². The number of hydrogen-bond donors (Lipinski definition) is 1. The van der Waals surface area contributed by atoms with E-state index in [9.17, 15) is 0 Å². The molecule has 1 saturated heterocycles. The number of hydrogen-bond acceptors (Lipinski definition) is 3. The topological polar surface area (TPSA) is 47.1 Å². The van der Waals surface area contributed by atoms with Crippen molar-refractivity contribution < 1.29 is 0 Å². The van der Waals surface area contributed by atoms with Crippen molar-refractivity contribution >= 4 is 5.69 Å². The second-order valence-electron chi connectivity index (χ2n) is 4.57. The molecule has 84 valence electrons. The van der Waals surface area contributed by atoms with Crippen LogP contribution in [-0.2, 0) is 6.54 Å². The summed E-state index contributed by atoms with van der Waals surface area (Å²) in [5, 5.41) is 4.32. The zero-order chi connectivity index (χ0) is 10.8. The second kappa shape index (κ2) is 4.23. The van der Waals surface area contributed by atoms with Gasteiger partial charge in [-0.3, -0.25) is 9.58 Å². The van der Waals surface area contributed by atoms with Crippen molar-refractivity contribution in [3.63, 3.8) is 0 Å². The number of aromatic nitrogens is 2. The van der Waals surface area contributed by atoms with Gasteiger partial charge in [-0.1, -0.05) is 0 Å². The molecule has 15 heavy (non-hydrogen) atoms. The van der Waals surface area contributed by atoms with Crippen LogP contribution in [-0.4, -0.2) is 27.8 Å². The molecule has 1 aliphatic rings. The molecule has 1 fully saturated rings. The number of nitrogen functional groups attached to an aromatic ring is 1. The van der Waals surface area contributed by atoms with Gasteiger partial charge in [0.15, 0.2) is 0 Å². The number of nitrogens with zero attached hydrogens (tertiary/aromatic N) is 3. The predicted molar refractivity (Wildman–Crippen MR) is 61.5 cm³/mol. The van der Waals surface area contributed by atoms with Crippen LogP contribution in [0.1, 0.15) is 38.4 Å². The smallest absolute Gasteiger partial charge is 0.0756 e. The van der Waals surface area contributed by atoms with Crippen molar-refractivity contribution in [2.24, 2.45) is 0 Å². The molecule has 2 N–H and O–H groups in total. The lowest BCUT2D eigenvalue weighted by atomic mass is 10.3. The van der Waals surface area contributed by atoms with Gasteiger partial charge in [-0.05, 0) is 39.8 Å². The lowest BCUT2D eigenvalue weighted by Gasteiger charge is -2.18. The Morgan fingerprint density at radius 3 is 2.67 bits per heavy atom. The van der Waals surface area contributed by atoms with Crippen LogP contribution >= 0.6 is 0 Å². The summed E-state index contributed by atoms with van der Waals surface area (Å²) in [4.78, 5) is 2.45. The molecule has 2 rings (SSSR count). The van der Waals surface area contributed by atoms with Crippen molar-refractivity contribution in [3.8, 4) is 0 Å².